The van der Waals surface area contributed by atoms with Crippen LogP contribution in [0.1, 0.15) is 37.1 Å². The third-order valence-electron chi connectivity index (χ3n) is 6.14. The number of fused-ring (bicyclic) bond motifs is 1. The fourth-order valence-electron chi connectivity index (χ4n) is 4.46. The summed E-state index contributed by atoms with van der Waals surface area (Å²) in [5.74, 6) is 1.06. The third kappa shape index (κ3) is 3.43. The van der Waals surface area contributed by atoms with Crippen LogP contribution in [-0.2, 0) is 10.6 Å². The Balaban J connectivity index is 1.47. The van der Waals surface area contributed by atoms with Gasteiger partial charge < -0.3 is 19.4 Å². The van der Waals surface area contributed by atoms with E-state index in [1.54, 1.807) is 29.1 Å². The fraction of sp³-hybridized carbons (Fsp3) is 0.280. The van der Waals surface area contributed by atoms with E-state index in [1.165, 1.54) is 12.1 Å². The topological polar surface area (TPSA) is 62.9 Å². The van der Waals surface area contributed by atoms with Crippen LogP contribution in [0.15, 0.2) is 65.7 Å². The van der Waals surface area contributed by atoms with Crippen molar-refractivity contribution in [2.24, 2.45) is 11.1 Å². The number of aromatic nitrogens is 2. The molecule has 0 bridgehead atoms. The van der Waals surface area contributed by atoms with E-state index in [9.17, 15) is 9.50 Å². The maximum atomic E-state index is 13.5. The second-order valence-corrected chi connectivity index (χ2v) is 8.76. The van der Waals surface area contributed by atoms with Gasteiger partial charge in [0.05, 0.1) is 17.7 Å². The molecule has 1 N–H and O–H groups in total. The Labute approximate surface area is 186 Å². The van der Waals surface area contributed by atoms with Crippen molar-refractivity contribution >= 4 is 11.9 Å². The number of amidine groups is 1. The van der Waals surface area contributed by atoms with Gasteiger partial charge in [-0.2, -0.15) is 0 Å². The Hall–Kier alpha value is -3.61. The average Bonchev–Trinajstić information content (AvgIpc) is 3.33. The van der Waals surface area contributed by atoms with Gasteiger partial charge in [0, 0.05) is 25.2 Å². The number of hydrogen-bond donors (Lipinski definition) is 1. The molecular formula is C25H25FN4O2. The summed E-state index contributed by atoms with van der Waals surface area (Å²) in [6.07, 6.45) is 6.45. The van der Waals surface area contributed by atoms with Gasteiger partial charge in [-0.05, 0) is 60.7 Å². The van der Waals surface area contributed by atoms with Gasteiger partial charge in [-0.3, -0.25) is 0 Å². The number of aryl methyl sites for hydroxylation is 1. The van der Waals surface area contributed by atoms with E-state index < -0.39 is 5.72 Å². The van der Waals surface area contributed by atoms with Crippen LogP contribution in [0.25, 0.3) is 11.8 Å². The van der Waals surface area contributed by atoms with Crippen LogP contribution >= 0.6 is 0 Å². The van der Waals surface area contributed by atoms with Gasteiger partial charge in [0.1, 0.15) is 11.6 Å². The van der Waals surface area contributed by atoms with E-state index in [0.717, 1.165) is 41.2 Å². The highest BCUT2D eigenvalue weighted by molar-refractivity contribution is 6.03. The molecule has 3 aromatic rings. The molecule has 0 saturated carbocycles. The molecule has 164 valence electrons. The summed E-state index contributed by atoms with van der Waals surface area (Å²) in [5, 5.41) is 15.0. The van der Waals surface area contributed by atoms with Gasteiger partial charge in [-0.1, -0.05) is 30.3 Å². The zero-order valence-corrected chi connectivity index (χ0v) is 18.3. The van der Waals surface area contributed by atoms with E-state index in [-0.39, 0.29) is 11.6 Å². The molecule has 0 amide bonds. The first-order valence-corrected chi connectivity index (χ1v) is 10.7. The molecule has 0 spiro atoms. The molecule has 0 radical (unpaired) electrons. The van der Waals surface area contributed by atoms with E-state index in [1.807, 2.05) is 38.3 Å². The molecule has 2 atom stereocenters. The van der Waals surface area contributed by atoms with Gasteiger partial charge in [-0.15, -0.1) is 0 Å². The summed E-state index contributed by atoms with van der Waals surface area (Å²) < 4.78 is 15.3. The number of hydrogen-bond acceptors (Lipinski definition) is 5. The summed E-state index contributed by atoms with van der Waals surface area (Å²) in [6.45, 7) is 6.84. The first kappa shape index (κ1) is 20.3. The molecule has 1 saturated heterocycles. The van der Waals surface area contributed by atoms with Gasteiger partial charge in [0.25, 0.3) is 0 Å². The number of rotatable bonds is 3. The first-order valence-electron chi connectivity index (χ1n) is 10.7. The molecule has 0 aliphatic carbocycles. The Kier molecular flexibility index (Phi) is 4.77. The summed E-state index contributed by atoms with van der Waals surface area (Å²) in [5.41, 5.74) is 3.54. The molecule has 3 heterocycles. The number of benzene rings is 2. The zero-order chi connectivity index (χ0) is 22.5. The van der Waals surface area contributed by atoms with Crippen LogP contribution in [0.4, 0.5) is 4.39 Å². The van der Waals surface area contributed by atoms with E-state index in [4.69, 9.17) is 4.84 Å². The number of phenols is 1. The van der Waals surface area contributed by atoms with Crippen molar-refractivity contribution in [3.63, 3.8) is 0 Å². The molecule has 1 unspecified atom stereocenters. The van der Waals surface area contributed by atoms with Crippen molar-refractivity contribution in [3.8, 4) is 11.4 Å². The lowest BCUT2D eigenvalue weighted by Crippen LogP contribution is -2.49. The van der Waals surface area contributed by atoms with Crippen molar-refractivity contribution in [2.75, 3.05) is 6.54 Å². The van der Waals surface area contributed by atoms with Gasteiger partial charge >= 0.3 is 0 Å². The van der Waals surface area contributed by atoms with Crippen LogP contribution < -0.4 is 0 Å². The minimum atomic E-state index is -0.790. The highest BCUT2D eigenvalue weighted by Crippen LogP contribution is 2.41. The molecule has 2 aliphatic rings. The molecule has 32 heavy (non-hydrogen) atoms. The lowest BCUT2D eigenvalue weighted by Gasteiger charge is -2.40. The van der Waals surface area contributed by atoms with Crippen molar-refractivity contribution in [1.82, 2.24) is 14.5 Å². The number of oxime groups is 1. The lowest BCUT2D eigenvalue weighted by atomic mass is 9.90. The Morgan fingerprint density at radius 3 is 2.69 bits per heavy atom. The highest BCUT2D eigenvalue weighted by atomic mass is 19.1. The lowest BCUT2D eigenvalue weighted by molar-refractivity contribution is -0.0948. The number of phenolic OH excluding ortho intramolecular Hbond substituents is 1. The molecular weight excluding hydrogens is 407 g/mol. The second-order valence-electron chi connectivity index (χ2n) is 8.76. The number of piperidine rings is 1. The minimum absolute atomic E-state index is 0.179. The van der Waals surface area contributed by atoms with Crippen LogP contribution in [0, 0.1) is 18.7 Å². The summed E-state index contributed by atoms with van der Waals surface area (Å²) in [4.78, 5) is 12.3. The highest BCUT2D eigenvalue weighted by Gasteiger charge is 2.47. The van der Waals surface area contributed by atoms with Crippen molar-refractivity contribution in [2.45, 2.75) is 32.9 Å². The number of halogens is 1. The second kappa shape index (κ2) is 7.51. The SMILES string of the molecule is Cc1cn(-c2ccc(/C=C3\C[C@@H](C)CN4C3=NOC4(C)c3ccc(F)cc3)cc2O)cn1. The predicted octanol–water partition coefficient (Wildman–Crippen LogP) is 4.97. The maximum Gasteiger partial charge on any atom is 0.234 e. The number of imidazole rings is 1. The quantitative estimate of drug-likeness (QED) is 0.635. The minimum Gasteiger partial charge on any atom is -0.506 e. The van der Waals surface area contributed by atoms with Crippen molar-refractivity contribution in [1.29, 1.82) is 0 Å². The van der Waals surface area contributed by atoms with E-state index >= 15 is 0 Å². The van der Waals surface area contributed by atoms with Crippen LogP contribution in [0.2, 0.25) is 0 Å². The zero-order valence-electron chi connectivity index (χ0n) is 18.3. The molecule has 6 nitrogen and oxygen atoms in total. The third-order valence-corrected chi connectivity index (χ3v) is 6.14. The Morgan fingerprint density at radius 2 is 2.00 bits per heavy atom. The largest absolute Gasteiger partial charge is 0.506 e. The van der Waals surface area contributed by atoms with Crippen molar-refractivity contribution in [3.05, 3.63) is 83.2 Å². The normalized spacial score (nSPS) is 23.8. The van der Waals surface area contributed by atoms with Crippen LogP contribution in [0.5, 0.6) is 5.75 Å². The Morgan fingerprint density at radius 1 is 1.22 bits per heavy atom. The smallest absolute Gasteiger partial charge is 0.234 e. The molecule has 1 aromatic heterocycles. The molecule has 2 aliphatic heterocycles. The first-order chi connectivity index (χ1) is 15.3. The number of aromatic hydroxyl groups is 1. The maximum absolute atomic E-state index is 13.5. The molecule has 2 aromatic carbocycles. The van der Waals surface area contributed by atoms with Crippen molar-refractivity contribution < 1.29 is 14.3 Å². The molecule has 1 fully saturated rings. The standard InChI is InChI=1S/C25H25FN4O2/c1-16-10-19(11-18-4-9-22(23(31)12-18)29-14-17(2)27-15-29)24-28-32-25(3,30(24)13-16)20-5-7-21(26)8-6-20/h4-9,11-12,14-16,31H,10,13H2,1-3H3/b19-11+/t16-,25?/m1/s1. The van der Waals surface area contributed by atoms with Crippen LogP contribution in [0.3, 0.4) is 0 Å². The summed E-state index contributed by atoms with van der Waals surface area (Å²) in [7, 11) is 0. The van der Waals surface area contributed by atoms with Gasteiger partial charge in [-0.25, -0.2) is 9.37 Å². The fourth-order valence-corrected chi connectivity index (χ4v) is 4.46. The summed E-state index contributed by atoms with van der Waals surface area (Å²) >= 11 is 0. The average molecular weight is 432 g/mol. The van der Waals surface area contributed by atoms with Crippen LogP contribution in [-0.4, -0.2) is 31.9 Å². The van der Waals surface area contributed by atoms with E-state index in [2.05, 4.69) is 22.0 Å². The Bertz CT molecular complexity index is 1230. The van der Waals surface area contributed by atoms with E-state index in [0.29, 0.717) is 11.6 Å². The predicted molar refractivity (Wildman–Crippen MR) is 121 cm³/mol. The summed E-state index contributed by atoms with van der Waals surface area (Å²) in [6, 6.07) is 12.0. The molecule has 5 rings (SSSR count). The van der Waals surface area contributed by atoms with Gasteiger partial charge in [0.15, 0.2) is 5.84 Å². The monoisotopic (exact) mass is 432 g/mol. The van der Waals surface area contributed by atoms with Gasteiger partial charge in [0.2, 0.25) is 5.72 Å². The number of nitrogens with zero attached hydrogens (tertiary/aromatic N) is 4. The molecule has 7 heteroatoms.